The molecular weight excluding hydrogens is 286 g/mol. The second kappa shape index (κ2) is 5.97. The monoisotopic (exact) mass is 305 g/mol. The predicted octanol–water partition coefficient (Wildman–Crippen LogP) is 3.42. The summed E-state index contributed by atoms with van der Waals surface area (Å²) in [4.78, 5) is 5.02. The van der Waals surface area contributed by atoms with Gasteiger partial charge >= 0.3 is 0 Å². The van der Waals surface area contributed by atoms with Crippen molar-refractivity contribution in [3.63, 3.8) is 0 Å². The minimum absolute atomic E-state index is 0.150. The van der Waals surface area contributed by atoms with Crippen LogP contribution in [-0.4, -0.2) is 27.5 Å². The summed E-state index contributed by atoms with van der Waals surface area (Å²) in [5.74, 6) is 0.814. The number of anilines is 1. The molecule has 0 fully saturated rings. The molecule has 1 aromatic carbocycles. The van der Waals surface area contributed by atoms with Gasteiger partial charge in [0.05, 0.1) is 5.52 Å². The quantitative estimate of drug-likeness (QED) is 0.829. The summed E-state index contributed by atoms with van der Waals surface area (Å²) >= 11 is 6.97. The summed E-state index contributed by atoms with van der Waals surface area (Å²) in [5.41, 5.74) is 7.60. The molecule has 0 saturated heterocycles. The Bertz CT molecular complexity index is 638. The van der Waals surface area contributed by atoms with Gasteiger partial charge in [-0.25, -0.2) is 4.98 Å². The number of aromatic nitrogens is 1. The number of para-hydroxylation sites is 1. The Morgan fingerprint density at radius 1 is 1.40 bits per heavy atom. The maximum Gasteiger partial charge on any atom is 0.127 e. The zero-order valence-corrected chi connectivity index (χ0v) is 13.6. The number of hydrogen-bond donors (Lipinski definition) is 2. The summed E-state index contributed by atoms with van der Waals surface area (Å²) < 4.78 is 0.150. The molecule has 0 amide bonds. The van der Waals surface area contributed by atoms with Crippen LogP contribution in [0, 0.1) is 0 Å². The van der Waals surface area contributed by atoms with E-state index < -0.39 is 0 Å². The van der Waals surface area contributed by atoms with Crippen LogP contribution in [0.25, 0.3) is 10.9 Å². The van der Waals surface area contributed by atoms with Crippen LogP contribution in [0.15, 0.2) is 30.3 Å². The van der Waals surface area contributed by atoms with E-state index in [2.05, 4.69) is 30.4 Å². The lowest BCUT2D eigenvalue weighted by Gasteiger charge is -2.23. The van der Waals surface area contributed by atoms with E-state index in [0.717, 1.165) is 28.8 Å². The molecule has 2 rings (SSSR count). The normalized spacial score (nSPS) is 11.6. The molecule has 0 radical (unpaired) electrons. The van der Waals surface area contributed by atoms with Gasteiger partial charge in [-0.15, -0.1) is 0 Å². The highest BCUT2D eigenvalue weighted by Crippen LogP contribution is 2.24. The standard InChI is InChI=1S/C15H19N3S2/c1-15(2,20-3)9-17-13-8-11(14(16)19)10-6-4-5-7-12(10)18-13/h4-8H,9H2,1-3H3,(H2,16,19)(H,17,18). The topological polar surface area (TPSA) is 50.9 Å². The summed E-state index contributed by atoms with van der Waals surface area (Å²) in [7, 11) is 0. The summed E-state index contributed by atoms with van der Waals surface area (Å²) in [6.45, 7) is 5.22. The Morgan fingerprint density at radius 2 is 2.10 bits per heavy atom. The van der Waals surface area contributed by atoms with Gasteiger partial charge in [0.15, 0.2) is 0 Å². The van der Waals surface area contributed by atoms with Crippen LogP contribution in [0.4, 0.5) is 5.82 Å². The fourth-order valence-corrected chi connectivity index (χ4v) is 2.23. The van der Waals surface area contributed by atoms with Gasteiger partial charge < -0.3 is 11.1 Å². The van der Waals surface area contributed by atoms with Crippen molar-refractivity contribution in [3.05, 3.63) is 35.9 Å². The van der Waals surface area contributed by atoms with Crippen molar-refractivity contribution in [2.24, 2.45) is 5.73 Å². The molecule has 1 heterocycles. The van der Waals surface area contributed by atoms with E-state index in [1.807, 2.05) is 42.1 Å². The van der Waals surface area contributed by atoms with Crippen molar-refractivity contribution in [2.75, 3.05) is 18.1 Å². The van der Waals surface area contributed by atoms with Crippen molar-refractivity contribution in [1.82, 2.24) is 4.98 Å². The SMILES string of the molecule is CSC(C)(C)CNc1cc(C(N)=S)c2ccccc2n1. The van der Waals surface area contributed by atoms with Crippen molar-refractivity contribution >= 4 is 45.7 Å². The third-order valence-electron chi connectivity index (χ3n) is 3.23. The first kappa shape index (κ1) is 15.1. The van der Waals surface area contributed by atoms with Crippen LogP contribution in [0.1, 0.15) is 19.4 Å². The van der Waals surface area contributed by atoms with Crippen molar-refractivity contribution < 1.29 is 0 Å². The number of pyridine rings is 1. The summed E-state index contributed by atoms with van der Waals surface area (Å²) in [6.07, 6.45) is 2.11. The first-order valence-corrected chi connectivity index (χ1v) is 8.05. The van der Waals surface area contributed by atoms with Gasteiger partial charge in [-0.2, -0.15) is 11.8 Å². The van der Waals surface area contributed by atoms with Gasteiger partial charge in [-0.1, -0.05) is 30.4 Å². The lowest BCUT2D eigenvalue weighted by atomic mass is 10.1. The maximum absolute atomic E-state index is 5.83. The molecule has 0 unspecified atom stereocenters. The van der Waals surface area contributed by atoms with Gasteiger partial charge in [0.2, 0.25) is 0 Å². The Hall–Kier alpha value is -1.33. The van der Waals surface area contributed by atoms with Gasteiger partial charge in [-0.3, -0.25) is 0 Å². The third kappa shape index (κ3) is 3.41. The predicted molar refractivity (Wildman–Crippen MR) is 93.7 cm³/mol. The molecule has 3 nitrogen and oxygen atoms in total. The molecule has 2 aromatic rings. The number of nitrogens with one attached hydrogen (secondary N) is 1. The molecule has 0 aliphatic carbocycles. The summed E-state index contributed by atoms with van der Waals surface area (Å²) in [6, 6.07) is 9.83. The lowest BCUT2D eigenvalue weighted by molar-refractivity contribution is 0.750. The van der Waals surface area contributed by atoms with E-state index >= 15 is 0 Å². The van der Waals surface area contributed by atoms with Gasteiger partial charge in [0.25, 0.3) is 0 Å². The molecular formula is C15H19N3S2. The first-order valence-electron chi connectivity index (χ1n) is 6.41. The van der Waals surface area contributed by atoms with E-state index in [9.17, 15) is 0 Å². The minimum atomic E-state index is 0.150. The lowest BCUT2D eigenvalue weighted by Crippen LogP contribution is -2.26. The van der Waals surface area contributed by atoms with Crippen LogP contribution < -0.4 is 11.1 Å². The highest BCUT2D eigenvalue weighted by molar-refractivity contribution is 7.99. The molecule has 0 atom stereocenters. The average molecular weight is 305 g/mol. The molecule has 0 saturated carbocycles. The number of nitrogens with zero attached hydrogens (tertiary/aromatic N) is 1. The van der Waals surface area contributed by atoms with Crippen LogP contribution in [0.2, 0.25) is 0 Å². The number of benzene rings is 1. The molecule has 0 spiro atoms. The van der Waals surface area contributed by atoms with Crippen molar-refractivity contribution in [1.29, 1.82) is 0 Å². The molecule has 1 aromatic heterocycles. The Balaban J connectivity index is 2.38. The van der Waals surface area contributed by atoms with E-state index in [4.69, 9.17) is 18.0 Å². The van der Waals surface area contributed by atoms with Crippen LogP contribution >= 0.6 is 24.0 Å². The third-order valence-corrected chi connectivity index (χ3v) is 4.70. The van der Waals surface area contributed by atoms with Crippen molar-refractivity contribution in [3.8, 4) is 0 Å². The molecule has 5 heteroatoms. The number of rotatable bonds is 5. The number of thiocarbonyl (C=S) groups is 1. The average Bonchev–Trinajstić information content (AvgIpc) is 2.44. The van der Waals surface area contributed by atoms with Crippen molar-refractivity contribution in [2.45, 2.75) is 18.6 Å². The molecule has 0 bridgehead atoms. The van der Waals surface area contributed by atoms with E-state index in [1.165, 1.54) is 0 Å². The molecule has 20 heavy (non-hydrogen) atoms. The van der Waals surface area contributed by atoms with Gasteiger partial charge in [-0.05, 0) is 32.2 Å². The Morgan fingerprint density at radius 3 is 2.75 bits per heavy atom. The van der Waals surface area contributed by atoms with Crippen LogP contribution in [0.3, 0.4) is 0 Å². The zero-order valence-electron chi connectivity index (χ0n) is 11.9. The fourth-order valence-electron chi connectivity index (χ4n) is 1.85. The Labute approximate surface area is 129 Å². The zero-order chi connectivity index (χ0) is 14.8. The molecule has 3 N–H and O–H groups in total. The number of nitrogens with two attached hydrogens (primary N) is 1. The molecule has 106 valence electrons. The largest absolute Gasteiger partial charge is 0.389 e. The fraction of sp³-hybridized carbons (Fsp3) is 0.333. The molecule has 0 aliphatic rings. The summed E-state index contributed by atoms with van der Waals surface area (Å²) in [5, 5.41) is 4.37. The Kier molecular flexibility index (Phi) is 4.50. The van der Waals surface area contributed by atoms with E-state index in [1.54, 1.807) is 0 Å². The second-order valence-corrected chi connectivity index (χ2v) is 7.21. The highest BCUT2D eigenvalue weighted by Gasteiger charge is 2.16. The van der Waals surface area contributed by atoms with Gasteiger partial charge in [0, 0.05) is 22.2 Å². The van der Waals surface area contributed by atoms with Crippen LogP contribution in [-0.2, 0) is 0 Å². The van der Waals surface area contributed by atoms with Gasteiger partial charge in [0.1, 0.15) is 10.8 Å². The number of fused-ring (bicyclic) bond motifs is 1. The number of hydrogen-bond acceptors (Lipinski definition) is 4. The number of thioether (sulfide) groups is 1. The highest BCUT2D eigenvalue weighted by atomic mass is 32.2. The van der Waals surface area contributed by atoms with Crippen LogP contribution in [0.5, 0.6) is 0 Å². The van der Waals surface area contributed by atoms with E-state index in [0.29, 0.717) is 4.99 Å². The maximum atomic E-state index is 5.83. The molecule has 0 aliphatic heterocycles. The minimum Gasteiger partial charge on any atom is -0.389 e. The first-order chi connectivity index (χ1) is 9.43. The second-order valence-electron chi connectivity index (χ2n) is 5.25. The smallest absolute Gasteiger partial charge is 0.127 e. The van der Waals surface area contributed by atoms with E-state index in [-0.39, 0.29) is 4.75 Å².